The molecule has 0 unspecified atom stereocenters. The number of para-hydroxylation sites is 2. The van der Waals surface area contributed by atoms with E-state index in [2.05, 4.69) is 55.7 Å². The first kappa shape index (κ1) is 21.3. The highest BCUT2D eigenvalue weighted by Gasteiger charge is 2.35. The standard InChI is InChI=1S/C28H29N3O2/c1-19-8-12-24(13-9-19)33-15-14-30-26-7-5-4-6-25(26)29-28(30)22-17-27(32)31(18-22)23-11-10-20(2)21(3)16-23/h4-13,16,22H,14-15,17-18H2,1-3H3/t22-/m0/s1. The SMILES string of the molecule is Cc1ccc(OCCn2c([C@H]3CC(=O)N(c4ccc(C)c(C)c4)C3)nc3ccccc32)cc1. The molecule has 1 aliphatic heterocycles. The smallest absolute Gasteiger partial charge is 0.227 e. The Morgan fingerprint density at radius 2 is 1.76 bits per heavy atom. The lowest BCUT2D eigenvalue weighted by Crippen LogP contribution is -2.24. The highest BCUT2D eigenvalue weighted by atomic mass is 16.5. The average molecular weight is 440 g/mol. The summed E-state index contributed by atoms with van der Waals surface area (Å²) in [5.74, 6) is 2.02. The summed E-state index contributed by atoms with van der Waals surface area (Å²) in [4.78, 5) is 19.8. The molecule has 1 fully saturated rings. The van der Waals surface area contributed by atoms with Crippen LogP contribution in [-0.4, -0.2) is 28.6 Å². The molecular formula is C28H29N3O2. The summed E-state index contributed by atoms with van der Waals surface area (Å²) >= 11 is 0. The second kappa shape index (κ2) is 8.74. The Bertz CT molecular complexity index is 1310. The summed E-state index contributed by atoms with van der Waals surface area (Å²) in [5.41, 5.74) is 6.65. The molecular weight excluding hydrogens is 410 g/mol. The predicted molar refractivity (Wildman–Crippen MR) is 132 cm³/mol. The number of nitrogens with zero attached hydrogens (tertiary/aromatic N) is 3. The van der Waals surface area contributed by atoms with Crippen molar-refractivity contribution in [3.63, 3.8) is 0 Å². The van der Waals surface area contributed by atoms with Crippen molar-refractivity contribution in [3.05, 3.63) is 89.2 Å². The van der Waals surface area contributed by atoms with E-state index in [1.54, 1.807) is 0 Å². The lowest BCUT2D eigenvalue weighted by atomic mass is 10.1. The van der Waals surface area contributed by atoms with E-state index in [0.717, 1.165) is 28.3 Å². The van der Waals surface area contributed by atoms with Crippen LogP contribution in [0.2, 0.25) is 0 Å². The molecule has 1 atom stereocenters. The minimum atomic E-state index is 0.0471. The Morgan fingerprint density at radius 3 is 2.55 bits per heavy atom. The first-order valence-corrected chi connectivity index (χ1v) is 11.5. The van der Waals surface area contributed by atoms with E-state index in [9.17, 15) is 4.79 Å². The molecule has 1 saturated heterocycles. The van der Waals surface area contributed by atoms with Crippen LogP contribution in [0.4, 0.5) is 5.69 Å². The number of imidazole rings is 1. The van der Waals surface area contributed by atoms with Crippen molar-refractivity contribution in [1.29, 1.82) is 0 Å². The maximum atomic E-state index is 13.0. The Balaban J connectivity index is 1.40. The Morgan fingerprint density at radius 1 is 0.970 bits per heavy atom. The van der Waals surface area contributed by atoms with Crippen LogP contribution in [0.3, 0.4) is 0 Å². The van der Waals surface area contributed by atoms with Gasteiger partial charge in [-0.2, -0.15) is 0 Å². The third kappa shape index (κ3) is 4.23. The van der Waals surface area contributed by atoms with Gasteiger partial charge < -0.3 is 14.2 Å². The number of fused-ring (bicyclic) bond motifs is 1. The summed E-state index contributed by atoms with van der Waals surface area (Å²) in [7, 11) is 0. The van der Waals surface area contributed by atoms with Gasteiger partial charge in [-0.05, 0) is 68.3 Å². The van der Waals surface area contributed by atoms with Crippen LogP contribution in [0.1, 0.15) is 34.9 Å². The average Bonchev–Trinajstić information content (AvgIpc) is 3.38. The van der Waals surface area contributed by atoms with Crippen LogP contribution in [0.5, 0.6) is 5.75 Å². The maximum absolute atomic E-state index is 13.0. The molecule has 168 valence electrons. The van der Waals surface area contributed by atoms with Crippen LogP contribution >= 0.6 is 0 Å². The molecule has 1 amide bonds. The molecule has 3 aromatic carbocycles. The third-order valence-electron chi connectivity index (χ3n) is 6.58. The van der Waals surface area contributed by atoms with Gasteiger partial charge in [0.05, 0.1) is 17.6 Å². The zero-order valence-electron chi connectivity index (χ0n) is 19.4. The van der Waals surface area contributed by atoms with Crippen molar-refractivity contribution >= 4 is 22.6 Å². The zero-order valence-corrected chi connectivity index (χ0v) is 19.4. The molecule has 0 spiro atoms. The number of benzene rings is 3. The molecule has 5 heteroatoms. The van der Waals surface area contributed by atoms with E-state index in [0.29, 0.717) is 26.1 Å². The normalized spacial score (nSPS) is 16.0. The molecule has 0 aliphatic carbocycles. The van der Waals surface area contributed by atoms with Gasteiger partial charge >= 0.3 is 0 Å². The first-order chi connectivity index (χ1) is 16.0. The molecule has 33 heavy (non-hydrogen) atoms. The van der Waals surface area contributed by atoms with Crippen LogP contribution in [0.15, 0.2) is 66.7 Å². The van der Waals surface area contributed by atoms with E-state index in [1.807, 2.05) is 41.3 Å². The summed E-state index contributed by atoms with van der Waals surface area (Å²) in [6, 6.07) is 22.5. The molecule has 4 aromatic rings. The second-order valence-electron chi connectivity index (χ2n) is 8.95. The molecule has 5 nitrogen and oxygen atoms in total. The number of carbonyl (C=O) groups excluding carboxylic acids is 1. The van der Waals surface area contributed by atoms with E-state index in [4.69, 9.17) is 9.72 Å². The summed E-state index contributed by atoms with van der Waals surface area (Å²) < 4.78 is 8.24. The van der Waals surface area contributed by atoms with Crippen LogP contribution in [-0.2, 0) is 11.3 Å². The fraction of sp³-hybridized carbons (Fsp3) is 0.286. The number of amides is 1. The van der Waals surface area contributed by atoms with E-state index in [-0.39, 0.29) is 11.8 Å². The Kier molecular flexibility index (Phi) is 5.63. The quantitative estimate of drug-likeness (QED) is 0.395. The van der Waals surface area contributed by atoms with E-state index < -0.39 is 0 Å². The Labute approximate surface area is 194 Å². The number of anilines is 1. The number of rotatable bonds is 6. The molecule has 0 bridgehead atoms. The molecule has 0 saturated carbocycles. The maximum Gasteiger partial charge on any atom is 0.227 e. The number of hydrogen-bond acceptors (Lipinski definition) is 3. The summed E-state index contributed by atoms with van der Waals surface area (Å²) in [6.45, 7) is 8.11. The first-order valence-electron chi connectivity index (χ1n) is 11.5. The fourth-order valence-corrected chi connectivity index (χ4v) is 4.55. The largest absolute Gasteiger partial charge is 0.492 e. The van der Waals surface area contributed by atoms with Crippen LogP contribution < -0.4 is 9.64 Å². The van der Waals surface area contributed by atoms with Gasteiger partial charge in [0.1, 0.15) is 18.2 Å². The van der Waals surface area contributed by atoms with Gasteiger partial charge in [-0.3, -0.25) is 4.79 Å². The number of aryl methyl sites for hydroxylation is 3. The lowest BCUT2D eigenvalue weighted by molar-refractivity contribution is -0.117. The van der Waals surface area contributed by atoms with Gasteiger partial charge in [0.25, 0.3) is 0 Å². The van der Waals surface area contributed by atoms with Gasteiger partial charge in [0, 0.05) is 24.6 Å². The number of hydrogen-bond donors (Lipinski definition) is 0. The van der Waals surface area contributed by atoms with E-state index in [1.165, 1.54) is 16.7 Å². The van der Waals surface area contributed by atoms with Gasteiger partial charge in [-0.25, -0.2) is 4.98 Å². The van der Waals surface area contributed by atoms with Crippen molar-refractivity contribution in [2.75, 3.05) is 18.1 Å². The minimum Gasteiger partial charge on any atom is -0.492 e. The van der Waals surface area contributed by atoms with Crippen molar-refractivity contribution in [2.45, 2.75) is 39.7 Å². The van der Waals surface area contributed by atoms with E-state index >= 15 is 0 Å². The predicted octanol–water partition coefficient (Wildman–Crippen LogP) is 5.56. The third-order valence-corrected chi connectivity index (χ3v) is 6.58. The summed E-state index contributed by atoms with van der Waals surface area (Å²) in [6.07, 6.45) is 0.467. The molecule has 1 aliphatic rings. The molecule has 1 aromatic heterocycles. The zero-order chi connectivity index (χ0) is 22.9. The Hall–Kier alpha value is -3.60. The van der Waals surface area contributed by atoms with Crippen molar-refractivity contribution in [1.82, 2.24) is 9.55 Å². The van der Waals surface area contributed by atoms with Gasteiger partial charge in [0.15, 0.2) is 0 Å². The number of ether oxygens (including phenoxy) is 1. The fourth-order valence-electron chi connectivity index (χ4n) is 4.55. The second-order valence-corrected chi connectivity index (χ2v) is 8.95. The molecule has 5 rings (SSSR count). The lowest BCUT2D eigenvalue weighted by Gasteiger charge is -2.18. The van der Waals surface area contributed by atoms with Crippen molar-refractivity contribution < 1.29 is 9.53 Å². The van der Waals surface area contributed by atoms with Crippen molar-refractivity contribution in [3.8, 4) is 5.75 Å². The number of carbonyl (C=O) groups is 1. The monoisotopic (exact) mass is 439 g/mol. The molecule has 2 heterocycles. The minimum absolute atomic E-state index is 0.0471. The van der Waals surface area contributed by atoms with Gasteiger partial charge in [-0.1, -0.05) is 35.9 Å². The highest BCUT2D eigenvalue weighted by Crippen LogP contribution is 2.34. The topological polar surface area (TPSA) is 47.4 Å². The molecule has 0 N–H and O–H groups in total. The van der Waals surface area contributed by atoms with Gasteiger partial charge in [0.2, 0.25) is 5.91 Å². The number of aromatic nitrogens is 2. The van der Waals surface area contributed by atoms with Gasteiger partial charge in [-0.15, -0.1) is 0 Å². The highest BCUT2D eigenvalue weighted by molar-refractivity contribution is 5.96. The molecule has 0 radical (unpaired) electrons. The van der Waals surface area contributed by atoms with Crippen molar-refractivity contribution in [2.24, 2.45) is 0 Å². The summed E-state index contributed by atoms with van der Waals surface area (Å²) in [5, 5.41) is 0. The van der Waals surface area contributed by atoms with Crippen LogP contribution in [0.25, 0.3) is 11.0 Å². The van der Waals surface area contributed by atoms with Crippen LogP contribution in [0, 0.1) is 20.8 Å².